The van der Waals surface area contributed by atoms with Crippen molar-refractivity contribution in [3.8, 4) is 10.7 Å². The maximum Gasteiger partial charge on any atom is 0.142 e. The summed E-state index contributed by atoms with van der Waals surface area (Å²) >= 11 is 1.69. The van der Waals surface area contributed by atoms with Crippen LogP contribution in [0.15, 0.2) is 29.8 Å². The zero-order valence-electron chi connectivity index (χ0n) is 11.3. The first-order valence-electron chi connectivity index (χ1n) is 7.17. The fraction of sp³-hybridized carbons (Fsp3) is 0.467. The van der Waals surface area contributed by atoms with Crippen molar-refractivity contribution in [3.05, 3.63) is 35.5 Å². The molecular weight excluding hydrogens is 268 g/mol. The van der Waals surface area contributed by atoms with Gasteiger partial charge in [0.05, 0.1) is 11.4 Å². The van der Waals surface area contributed by atoms with Crippen LogP contribution >= 0.6 is 11.3 Å². The third-order valence-corrected chi connectivity index (χ3v) is 5.20. The Morgan fingerprint density at radius 3 is 2.85 bits per heavy atom. The molecule has 0 unspecified atom stereocenters. The zero-order chi connectivity index (χ0) is 13.4. The molecule has 1 N–H and O–H groups in total. The fourth-order valence-corrected chi connectivity index (χ4v) is 4.08. The molecule has 2 aromatic rings. The molecule has 4 rings (SSSR count). The Morgan fingerprint density at radius 1 is 1.25 bits per heavy atom. The summed E-state index contributed by atoms with van der Waals surface area (Å²) in [5.74, 6) is 1.70. The van der Waals surface area contributed by atoms with Gasteiger partial charge in [-0.15, -0.1) is 11.3 Å². The van der Waals surface area contributed by atoms with E-state index in [0.717, 1.165) is 29.1 Å². The standard InChI is InChI=1S/C15H18N4S/c1-2-4-17-14(3-1)15-18-13(10-20-15)9-19-7-11-5-16-6-12(11)8-19/h1-4,10-12,16H,5-9H2/t11-,12+. The number of aromatic nitrogens is 2. The van der Waals surface area contributed by atoms with Gasteiger partial charge in [-0.25, -0.2) is 4.98 Å². The summed E-state index contributed by atoms with van der Waals surface area (Å²) in [4.78, 5) is 11.7. The van der Waals surface area contributed by atoms with Gasteiger partial charge in [-0.05, 0) is 37.1 Å². The van der Waals surface area contributed by atoms with Crippen molar-refractivity contribution >= 4 is 11.3 Å². The van der Waals surface area contributed by atoms with Crippen LogP contribution in [0.5, 0.6) is 0 Å². The largest absolute Gasteiger partial charge is 0.316 e. The van der Waals surface area contributed by atoms with E-state index in [1.165, 1.54) is 31.9 Å². The second kappa shape index (κ2) is 5.24. The molecule has 5 heteroatoms. The van der Waals surface area contributed by atoms with Crippen LogP contribution in [0, 0.1) is 11.8 Å². The predicted molar refractivity (Wildman–Crippen MR) is 80.5 cm³/mol. The van der Waals surface area contributed by atoms with E-state index in [2.05, 4.69) is 20.6 Å². The van der Waals surface area contributed by atoms with Gasteiger partial charge in [-0.1, -0.05) is 6.07 Å². The van der Waals surface area contributed by atoms with Crippen molar-refractivity contribution in [2.75, 3.05) is 26.2 Å². The average Bonchev–Trinajstić information content (AvgIpc) is 3.16. The van der Waals surface area contributed by atoms with Gasteiger partial charge < -0.3 is 5.32 Å². The topological polar surface area (TPSA) is 41.1 Å². The Bertz CT molecular complexity index is 571. The highest BCUT2D eigenvalue weighted by molar-refractivity contribution is 7.13. The van der Waals surface area contributed by atoms with Gasteiger partial charge >= 0.3 is 0 Å². The Hall–Kier alpha value is -1.30. The minimum absolute atomic E-state index is 0.851. The van der Waals surface area contributed by atoms with E-state index in [1.54, 1.807) is 11.3 Å². The molecule has 4 heterocycles. The molecule has 0 bridgehead atoms. The van der Waals surface area contributed by atoms with E-state index >= 15 is 0 Å². The van der Waals surface area contributed by atoms with Gasteiger partial charge in [0.15, 0.2) is 0 Å². The maximum atomic E-state index is 4.74. The smallest absolute Gasteiger partial charge is 0.142 e. The van der Waals surface area contributed by atoms with E-state index in [1.807, 2.05) is 24.4 Å². The molecule has 2 aliphatic rings. The molecule has 0 aromatic carbocycles. The number of likely N-dealkylation sites (tertiary alicyclic amines) is 1. The van der Waals surface area contributed by atoms with Crippen molar-refractivity contribution in [1.29, 1.82) is 0 Å². The normalized spacial score (nSPS) is 26.0. The maximum absolute atomic E-state index is 4.74. The molecule has 2 aliphatic heterocycles. The zero-order valence-corrected chi connectivity index (χ0v) is 12.1. The van der Waals surface area contributed by atoms with Crippen LogP contribution in [0.4, 0.5) is 0 Å². The van der Waals surface area contributed by atoms with Crippen LogP contribution < -0.4 is 5.32 Å². The van der Waals surface area contributed by atoms with Crippen molar-refractivity contribution < 1.29 is 0 Å². The summed E-state index contributed by atoms with van der Waals surface area (Å²) in [5.41, 5.74) is 2.16. The fourth-order valence-electron chi connectivity index (χ4n) is 3.30. The summed E-state index contributed by atoms with van der Waals surface area (Å²) in [7, 11) is 0. The van der Waals surface area contributed by atoms with Crippen LogP contribution in [0.2, 0.25) is 0 Å². The third kappa shape index (κ3) is 2.37. The molecule has 20 heavy (non-hydrogen) atoms. The van der Waals surface area contributed by atoms with E-state index < -0.39 is 0 Å². The quantitative estimate of drug-likeness (QED) is 0.935. The summed E-state index contributed by atoms with van der Waals surface area (Å²) in [6.45, 7) is 5.80. The molecule has 2 fully saturated rings. The Kier molecular flexibility index (Phi) is 3.26. The summed E-state index contributed by atoms with van der Waals surface area (Å²) in [5, 5.41) is 6.69. The van der Waals surface area contributed by atoms with Crippen molar-refractivity contribution in [2.24, 2.45) is 11.8 Å². The molecule has 0 radical (unpaired) electrons. The van der Waals surface area contributed by atoms with Gasteiger partial charge in [0, 0.05) is 31.2 Å². The Balaban J connectivity index is 1.44. The van der Waals surface area contributed by atoms with Crippen molar-refractivity contribution in [2.45, 2.75) is 6.54 Å². The highest BCUT2D eigenvalue weighted by atomic mass is 32.1. The van der Waals surface area contributed by atoms with Crippen LogP contribution in [0.3, 0.4) is 0 Å². The van der Waals surface area contributed by atoms with Crippen LogP contribution in [0.1, 0.15) is 5.69 Å². The minimum Gasteiger partial charge on any atom is -0.316 e. The van der Waals surface area contributed by atoms with E-state index in [0.29, 0.717) is 0 Å². The monoisotopic (exact) mass is 286 g/mol. The number of thiazole rings is 1. The molecule has 0 saturated carbocycles. The summed E-state index contributed by atoms with van der Waals surface area (Å²) < 4.78 is 0. The molecule has 4 nitrogen and oxygen atoms in total. The molecular formula is C15H18N4S. The lowest BCUT2D eigenvalue weighted by atomic mass is 10.0. The van der Waals surface area contributed by atoms with E-state index in [-0.39, 0.29) is 0 Å². The van der Waals surface area contributed by atoms with Crippen LogP contribution in [0.25, 0.3) is 10.7 Å². The molecule has 104 valence electrons. The molecule has 0 amide bonds. The molecule has 2 atom stereocenters. The molecule has 2 saturated heterocycles. The SMILES string of the molecule is c1ccc(-c2nc(CN3C[C@H]4CNC[C@H]4C3)cs2)nc1. The number of nitrogens with zero attached hydrogens (tertiary/aromatic N) is 3. The second-order valence-corrected chi connectivity index (χ2v) is 6.59. The lowest BCUT2D eigenvalue weighted by Crippen LogP contribution is -2.25. The highest BCUT2D eigenvalue weighted by Gasteiger charge is 2.35. The van der Waals surface area contributed by atoms with Gasteiger partial charge in [-0.3, -0.25) is 9.88 Å². The van der Waals surface area contributed by atoms with Crippen LogP contribution in [-0.2, 0) is 6.54 Å². The first kappa shape index (κ1) is 12.4. The van der Waals surface area contributed by atoms with E-state index in [4.69, 9.17) is 4.98 Å². The number of fused-ring (bicyclic) bond motifs is 1. The first-order chi connectivity index (χ1) is 9.88. The lowest BCUT2D eigenvalue weighted by Gasteiger charge is -2.15. The lowest BCUT2D eigenvalue weighted by molar-refractivity contribution is 0.302. The van der Waals surface area contributed by atoms with Gasteiger partial charge in [0.2, 0.25) is 0 Å². The summed E-state index contributed by atoms with van der Waals surface area (Å²) in [6, 6.07) is 5.97. The first-order valence-corrected chi connectivity index (χ1v) is 8.05. The van der Waals surface area contributed by atoms with Crippen LogP contribution in [-0.4, -0.2) is 41.0 Å². The number of hydrogen-bond donors (Lipinski definition) is 1. The number of hydrogen-bond acceptors (Lipinski definition) is 5. The van der Waals surface area contributed by atoms with Gasteiger partial charge in [0.25, 0.3) is 0 Å². The molecule has 2 aromatic heterocycles. The second-order valence-electron chi connectivity index (χ2n) is 5.73. The number of pyridine rings is 1. The number of nitrogens with one attached hydrogen (secondary N) is 1. The van der Waals surface area contributed by atoms with Crippen molar-refractivity contribution in [3.63, 3.8) is 0 Å². The third-order valence-electron chi connectivity index (χ3n) is 4.29. The van der Waals surface area contributed by atoms with Gasteiger partial charge in [-0.2, -0.15) is 0 Å². The average molecular weight is 286 g/mol. The summed E-state index contributed by atoms with van der Waals surface area (Å²) in [6.07, 6.45) is 1.82. The highest BCUT2D eigenvalue weighted by Crippen LogP contribution is 2.28. The van der Waals surface area contributed by atoms with Crippen molar-refractivity contribution in [1.82, 2.24) is 20.2 Å². The molecule has 0 aliphatic carbocycles. The molecule has 0 spiro atoms. The predicted octanol–water partition coefficient (Wildman–Crippen LogP) is 1.86. The Morgan fingerprint density at radius 2 is 2.10 bits per heavy atom. The minimum atomic E-state index is 0.851. The van der Waals surface area contributed by atoms with E-state index in [9.17, 15) is 0 Å². The van der Waals surface area contributed by atoms with Gasteiger partial charge in [0.1, 0.15) is 5.01 Å². The number of rotatable bonds is 3. The Labute approximate surface area is 122 Å².